The first-order valence-electron chi connectivity index (χ1n) is 6.48. The summed E-state index contributed by atoms with van der Waals surface area (Å²) in [6.07, 6.45) is 0. The van der Waals surface area contributed by atoms with E-state index in [9.17, 15) is 4.79 Å². The second-order valence-corrected chi connectivity index (χ2v) is 5.71. The van der Waals surface area contributed by atoms with Gasteiger partial charge in [-0.15, -0.1) is 11.8 Å². The van der Waals surface area contributed by atoms with Gasteiger partial charge >= 0.3 is 0 Å². The van der Waals surface area contributed by atoms with Crippen molar-refractivity contribution in [2.75, 3.05) is 12.9 Å². The van der Waals surface area contributed by atoms with Crippen LogP contribution >= 0.6 is 11.8 Å². The molecule has 0 heterocycles. The second-order valence-electron chi connectivity index (χ2n) is 4.66. The van der Waals surface area contributed by atoms with Crippen LogP contribution in [0.4, 0.5) is 0 Å². The van der Waals surface area contributed by atoms with Crippen molar-refractivity contribution in [1.82, 2.24) is 0 Å². The Balaban J connectivity index is 2.11. The van der Waals surface area contributed by atoms with Crippen molar-refractivity contribution in [2.24, 2.45) is 0 Å². The van der Waals surface area contributed by atoms with Gasteiger partial charge in [0.1, 0.15) is 5.75 Å². The van der Waals surface area contributed by atoms with Crippen LogP contribution in [0.1, 0.15) is 21.5 Å². The highest BCUT2D eigenvalue weighted by Crippen LogP contribution is 2.25. The molecule has 0 N–H and O–H groups in total. The number of Topliss-reactive ketones (excluding diaryl/α,β-unsaturated/α-hetero) is 1. The average Bonchev–Trinajstić information content (AvgIpc) is 2.47. The first-order chi connectivity index (χ1) is 9.61. The Kier molecular flexibility index (Phi) is 4.85. The fraction of sp³-hybridized carbons (Fsp3) is 0.235. The van der Waals surface area contributed by atoms with E-state index in [1.165, 1.54) is 0 Å². The van der Waals surface area contributed by atoms with E-state index in [-0.39, 0.29) is 5.78 Å². The summed E-state index contributed by atoms with van der Waals surface area (Å²) in [6, 6.07) is 13.8. The molecular weight excluding hydrogens is 268 g/mol. The van der Waals surface area contributed by atoms with E-state index in [0.717, 1.165) is 27.3 Å². The molecule has 3 heteroatoms. The van der Waals surface area contributed by atoms with Crippen molar-refractivity contribution in [3.8, 4) is 5.75 Å². The highest BCUT2D eigenvalue weighted by molar-refractivity contribution is 8.00. The molecule has 0 saturated carbocycles. The van der Waals surface area contributed by atoms with Crippen LogP contribution in [0.15, 0.2) is 47.4 Å². The van der Waals surface area contributed by atoms with E-state index in [4.69, 9.17) is 4.74 Å². The molecule has 2 aromatic carbocycles. The molecule has 20 heavy (non-hydrogen) atoms. The molecule has 0 aliphatic heterocycles. The van der Waals surface area contributed by atoms with Crippen molar-refractivity contribution in [2.45, 2.75) is 18.7 Å². The minimum Gasteiger partial charge on any atom is -0.496 e. The third-order valence-electron chi connectivity index (χ3n) is 3.16. The van der Waals surface area contributed by atoms with E-state index in [1.54, 1.807) is 18.9 Å². The molecule has 0 unspecified atom stereocenters. The highest BCUT2D eigenvalue weighted by atomic mass is 32.2. The number of hydrogen-bond acceptors (Lipinski definition) is 3. The van der Waals surface area contributed by atoms with E-state index < -0.39 is 0 Å². The smallest absolute Gasteiger partial charge is 0.173 e. The third-order valence-corrected chi connectivity index (χ3v) is 4.17. The Hall–Kier alpha value is -1.74. The molecule has 2 aromatic rings. The molecule has 0 amide bonds. The fourth-order valence-corrected chi connectivity index (χ4v) is 2.86. The van der Waals surface area contributed by atoms with Gasteiger partial charge in [0.2, 0.25) is 0 Å². The second kappa shape index (κ2) is 6.62. The molecular formula is C17H18O2S. The first-order valence-corrected chi connectivity index (χ1v) is 7.46. The zero-order valence-corrected chi connectivity index (χ0v) is 12.8. The van der Waals surface area contributed by atoms with E-state index >= 15 is 0 Å². The molecule has 0 aliphatic rings. The summed E-state index contributed by atoms with van der Waals surface area (Å²) in [6.45, 7) is 3.90. The molecule has 0 radical (unpaired) electrons. The van der Waals surface area contributed by atoms with Crippen LogP contribution in [-0.2, 0) is 0 Å². The number of thioether (sulfide) groups is 1. The SMILES string of the molecule is COc1cc(C)c(C(=O)CSc2ccccc2)cc1C. The predicted octanol–water partition coefficient (Wildman–Crippen LogP) is 4.29. The third kappa shape index (κ3) is 3.42. The predicted molar refractivity (Wildman–Crippen MR) is 84.0 cm³/mol. The number of methoxy groups -OCH3 is 1. The van der Waals surface area contributed by atoms with E-state index in [0.29, 0.717) is 5.75 Å². The standard InChI is InChI=1S/C17H18O2S/c1-12-10-17(19-3)13(2)9-15(12)16(18)11-20-14-7-5-4-6-8-14/h4-10H,11H2,1-3H3. The Morgan fingerprint density at radius 2 is 1.80 bits per heavy atom. The maximum absolute atomic E-state index is 12.3. The largest absolute Gasteiger partial charge is 0.496 e. The molecule has 2 nitrogen and oxygen atoms in total. The molecule has 0 aromatic heterocycles. The lowest BCUT2D eigenvalue weighted by Gasteiger charge is -2.10. The lowest BCUT2D eigenvalue weighted by molar-refractivity contribution is 0.102. The van der Waals surface area contributed by atoms with Crippen molar-refractivity contribution in [3.63, 3.8) is 0 Å². The Labute approximate surface area is 124 Å². The van der Waals surface area contributed by atoms with Gasteiger partial charge in [-0.3, -0.25) is 4.79 Å². The number of ketones is 1. The Bertz CT molecular complexity index is 606. The van der Waals surface area contributed by atoms with Crippen LogP contribution in [0.25, 0.3) is 0 Å². The van der Waals surface area contributed by atoms with Crippen molar-refractivity contribution < 1.29 is 9.53 Å². The number of hydrogen-bond donors (Lipinski definition) is 0. The van der Waals surface area contributed by atoms with Gasteiger partial charge in [0.15, 0.2) is 5.78 Å². The van der Waals surface area contributed by atoms with E-state index in [1.807, 2.05) is 56.3 Å². The molecule has 104 valence electrons. The zero-order valence-electron chi connectivity index (χ0n) is 12.0. The Morgan fingerprint density at radius 3 is 2.45 bits per heavy atom. The van der Waals surface area contributed by atoms with Crippen LogP contribution in [0.3, 0.4) is 0 Å². The number of carbonyl (C=O) groups is 1. The normalized spacial score (nSPS) is 10.3. The minimum atomic E-state index is 0.155. The van der Waals surface area contributed by atoms with Crippen molar-refractivity contribution >= 4 is 17.5 Å². The summed E-state index contributed by atoms with van der Waals surface area (Å²) in [5.74, 6) is 1.44. The average molecular weight is 286 g/mol. The number of aryl methyl sites for hydroxylation is 2. The van der Waals surface area contributed by atoms with Gasteiger partial charge in [-0.05, 0) is 49.2 Å². The molecule has 2 rings (SSSR count). The van der Waals surface area contributed by atoms with Gasteiger partial charge in [0, 0.05) is 10.5 Å². The molecule has 0 bridgehead atoms. The lowest BCUT2D eigenvalue weighted by atomic mass is 10.0. The van der Waals surface area contributed by atoms with Gasteiger partial charge in [-0.25, -0.2) is 0 Å². The zero-order chi connectivity index (χ0) is 14.5. The quantitative estimate of drug-likeness (QED) is 0.606. The van der Waals surface area contributed by atoms with Crippen molar-refractivity contribution in [3.05, 3.63) is 59.2 Å². The molecule has 0 fully saturated rings. The van der Waals surface area contributed by atoms with Crippen LogP contribution in [0, 0.1) is 13.8 Å². The molecule has 0 aliphatic carbocycles. The minimum absolute atomic E-state index is 0.155. The highest BCUT2D eigenvalue weighted by Gasteiger charge is 2.12. The van der Waals surface area contributed by atoms with Gasteiger partial charge in [0.05, 0.1) is 12.9 Å². The summed E-state index contributed by atoms with van der Waals surface area (Å²) in [7, 11) is 1.65. The van der Waals surface area contributed by atoms with Gasteiger partial charge in [-0.2, -0.15) is 0 Å². The van der Waals surface area contributed by atoms with Crippen LogP contribution < -0.4 is 4.74 Å². The van der Waals surface area contributed by atoms with Gasteiger partial charge in [0.25, 0.3) is 0 Å². The van der Waals surface area contributed by atoms with E-state index in [2.05, 4.69) is 0 Å². The van der Waals surface area contributed by atoms with Crippen LogP contribution in [0.5, 0.6) is 5.75 Å². The molecule has 0 spiro atoms. The summed E-state index contributed by atoms with van der Waals surface area (Å²) in [5, 5.41) is 0. The maximum atomic E-state index is 12.3. The lowest BCUT2D eigenvalue weighted by Crippen LogP contribution is -2.06. The Morgan fingerprint density at radius 1 is 1.10 bits per heavy atom. The monoisotopic (exact) mass is 286 g/mol. The fourth-order valence-electron chi connectivity index (χ4n) is 2.05. The van der Waals surface area contributed by atoms with Crippen molar-refractivity contribution in [1.29, 1.82) is 0 Å². The summed E-state index contributed by atoms with van der Waals surface area (Å²) >= 11 is 1.57. The number of rotatable bonds is 5. The maximum Gasteiger partial charge on any atom is 0.173 e. The first kappa shape index (κ1) is 14.7. The van der Waals surface area contributed by atoms with Crippen LogP contribution in [0.2, 0.25) is 0 Å². The van der Waals surface area contributed by atoms with Gasteiger partial charge in [-0.1, -0.05) is 18.2 Å². The topological polar surface area (TPSA) is 26.3 Å². The number of carbonyl (C=O) groups excluding carboxylic acids is 1. The molecule has 0 saturated heterocycles. The summed E-state index contributed by atoms with van der Waals surface area (Å²) in [5.41, 5.74) is 2.74. The van der Waals surface area contributed by atoms with Crippen LogP contribution in [-0.4, -0.2) is 18.6 Å². The number of ether oxygens (including phenoxy) is 1. The summed E-state index contributed by atoms with van der Waals surface area (Å²) < 4.78 is 5.27. The van der Waals surface area contributed by atoms with Gasteiger partial charge < -0.3 is 4.74 Å². The molecule has 0 atom stereocenters. The summed E-state index contributed by atoms with van der Waals surface area (Å²) in [4.78, 5) is 13.4. The number of benzene rings is 2.